The van der Waals surface area contributed by atoms with Gasteiger partial charge < -0.3 is 8.85 Å². The number of nitrogens with zero attached hydrogens (tertiary/aromatic N) is 2. The normalized spacial score (nSPS) is 12.1. The molecule has 0 fully saturated rings. The smallest absolute Gasteiger partial charge is 0.305 e. The fourth-order valence-corrected chi connectivity index (χ4v) is 3.45. The quantitative estimate of drug-likeness (QED) is 0.701. The molecule has 0 spiro atoms. The largest absolute Gasteiger partial charge is 0.531 e. The highest BCUT2D eigenvalue weighted by Crippen LogP contribution is 2.25. The summed E-state index contributed by atoms with van der Waals surface area (Å²) >= 11 is 0. The highest BCUT2D eigenvalue weighted by atomic mass is 28.4. The number of hydrogen-bond donors (Lipinski definition) is 0. The Kier molecular flexibility index (Phi) is 5.44. The fourth-order valence-electron chi connectivity index (χ4n) is 2.05. The van der Waals surface area contributed by atoms with Crippen molar-refractivity contribution >= 4 is 16.6 Å². The van der Waals surface area contributed by atoms with Crippen LogP contribution in [0.25, 0.3) is 0 Å². The van der Waals surface area contributed by atoms with Crippen molar-refractivity contribution in [3.05, 3.63) is 47.4 Å². The van der Waals surface area contributed by atoms with Gasteiger partial charge in [0.25, 0.3) is 0 Å². The molecule has 0 unspecified atom stereocenters. The summed E-state index contributed by atoms with van der Waals surface area (Å²) in [6.45, 7) is 12.5. The molecular weight excluding hydrogens is 339 g/mol. The molecule has 0 atom stereocenters. The van der Waals surface area contributed by atoms with Gasteiger partial charge in [-0.2, -0.15) is 4.98 Å². The topological polar surface area (TPSA) is 44.2 Å². The van der Waals surface area contributed by atoms with Crippen LogP contribution in [0.2, 0.25) is 39.3 Å². The lowest BCUT2D eigenvalue weighted by molar-refractivity contribution is 0.471. The van der Waals surface area contributed by atoms with Crippen LogP contribution in [0.15, 0.2) is 30.5 Å². The van der Waals surface area contributed by atoms with Gasteiger partial charge in [-0.15, -0.1) is 0 Å². The minimum Gasteiger partial charge on any atom is -0.531 e. The molecule has 0 saturated carbocycles. The Morgan fingerprint density at radius 2 is 1.54 bits per heavy atom. The average molecular weight is 365 g/mol. The molecule has 0 aliphatic rings. The molecule has 0 amide bonds. The van der Waals surface area contributed by atoms with E-state index < -0.39 is 16.6 Å². The second-order valence-electron chi connectivity index (χ2n) is 7.68. The molecule has 130 valence electrons. The van der Waals surface area contributed by atoms with Gasteiger partial charge in [0, 0.05) is 18.2 Å². The predicted molar refractivity (Wildman–Crippen MR) is 99.2 cm³/mol. The minimum atomic E-state index is -1.87. The van der Waals surface area contributed by atoms with E-state index in [1.54, 1.807) is 18.3 Å². The Morgan fingerprint density at radius 1 is 0.917 bits per heavy atom. The SMILES string of the molecule is C[Si](C)(C)Oc1ncc(Cc2ccccc2F)c(O[Si](C)(C)C)n1. The molecule has 0 bridgehead atoms. The zero-order valence-electron chi connectivity index (χ0n) is 15.2. The maximum absolute atomic E-state index is 14.0. The van der Waals surface area contributed by atoms with Crippen molar-refractivity contribution in [3.63, 3.8) is 0 Å². The first-order valence-electron chi connectivity index (χ1n) is 8.01. The zero-order chi connectivity index (χ0) is 18.0. The Balaban J connectivity index is 2.37. The average Bonchev–Trinajstić information content (AvgIpc) is 2.40. The van der Waals surface area contributed by atoms with Gasteiger partial charge in [0.15, 0.2) is 0 Å². The van der Waals surface area contributed by atoms with Gasteiger partial charge in [-0.05, 0) is 50.9 Å². The molecule has 0 aliphatic carbocycles. The summed E-state index contributed by atoms with van der Waals surface area (Å²) < 4.78 is 25.9. The third-order valence-electron chi connectivity index (χ3n) is 2.94. The molecule has 0 aliphatic heterocycles. The van der Waals surface area contributed by atoms with Crippen molar-refractivity contribution in [2.45, 2.75) is 45.7 Å². The van der Waals surface area contributed by atoms with Gasteiger partial charge in [-0.25, -0.2) is 9.37 Å². The lowest BCUT2D eigenvalue weighted by Gasteiger charge is -2.22. The van der Waals surface area contributed by atoms with Crippen molar-refractivity contribution in [2.24, 2.45) is 0 Å². The summed E-state index contributed by atoms with van der Waals surface area (Å²) in [6, 6.07) is 7.05. The minimum absolute atomic E-state index is 0.237. The van der Waals surface area contributed by atoms with Gasteiger partial charge in [-0.3, -0.25) is 0 Å². The maximum atomic E-state index is 14.0. The van der Waals surface area contributed by atoms with Crippen molar-refractivity contribution in [3.8, 4) is 11.9 Å². The van der Waals surface area contributed by atoms with Gasteiger partial charge >= 0.3 is 6.01 Å². The third kappa shape index (κ3) is 5.72. The number of halogens is 1. The van der Waals surface area contributed by atoms with Crippen LogP contribution in [0.3, 0.4) is 0 Å². The third-order valence-corrected chi connectivity index (χ3v) is 4.54. The van der Waals surface area contributed by atoms with Crippen LogP contribution in [0, 0.1) is 5.82 Å². The van der Waals surface area contributed by atoms with Crippen LogP contribution in [-0.2, 0) is 6.42 Å². The Bertz CT molecular complexity index is 712. The van der Waals surface area contributed by atoms with Gasteiger partial charge in [0.2, 0.25) is 22.5 Å². The number of hydrogen-bond acceptors (Lipinski definition) is 4. The summed E-state index contributed by atoms with van der Waals surface area (Å²) in [5.74, 6) is 0.263. The van der Waals surface area contributed by atoms with E-state index in [1.807, 2.05) is 6.07 Å². The molecule has 4 nitrogen and oxygen atoms in total. The van der Waals surface area contributed by atoms with E-state index in [0.29, 0.717) is 23.9 Å². The van der Waals surface area contributed by atoms with Gasteiger partial charge in [0.1, 0.15) is 5.82 Å². The van der Waals surface area contributed by atoms with E-state index >= 15 is 0 Å². The molecule has 2 aromatic rings. The summed E-state index contributed by atoms with van der Waals surface area (Å²) in [4.78, 5) is 8.76. The highest BCUT2D eigenvalue weighted by Gasteiger charge is 2.23. The monoisotopic (exact) mass is 364 g/mol. The van der Waals surface area contributed by atoms with Crippen LogP contribution in [-0.4, -0.2) is 26.6 Å². The van der Waals surface area contributed by atoms with Crippen molar-refractivity contribution in [1.29, 1.82) is 0 Å². The summed E-state index contributed by atoms with van der Waals surface area (Å²) in [5.41, 5.74) is 1.37. The van der Waals surface area contributed by atoms with E-state index in [1.165, 1.54) is 6.07 Å². The Labute approximate surface area is 145 Å². The predicted octanol–water partition coefficient (Wildman–Crippen LogP) is 4.63. The standard InChI is InChI=1S/C17H25FN2O2Si2/c1-23(2,3)21-16-14(11-13-9-7-8-10-15(13)18)12-19-17(20-16)22-24(4,5)6/h7-10,12H,11H2,1-6H3. The molecule has 2 rings (SSSR count). The highest BCUT2D eigenvalue weighted by molar-refractivity contribution is 6.70. The first kappa shape index (κ1) is 18.6. The Morgan fingerprint density at radius 3 is 2.12 bits per heavy atom. The lowest BCUT2D eigenvalue weighted by Crippen LogP contribution is -2.32. The molecule has 1 aromatic heterocycles. The zero-order valence-corrected chi connectivity index (χ0v) is 17.2. The van der Waals surface area contributed by atoms with Gasteiger partial charge in [-0.1, -0.05) is 18.2 Å². The summed E-state index contributed by atoms with van der Waals surface area (Å²) in [5, 5.41) is 0. The second-order valence-corrected chi connectivity index (χ2v) is 16.5. The van der Waals surface area contributed by atoms with E-state index in [9.17, 15) is 4.39 Å². The van der Waals surface area contributed by atoms with Crippen LogP contribution in [0.1, 0.15) is 11.1 Å². The van der Waals surface area contributed by atoms with Gasteiger partial charge in [0.05, 0.1) is 0 Å². The second kappa shape index (κ2) is 7.02. The Hall–Kier alpha value is -1.74. The van der Waals surface area contributed by atoms with Crippen LogP contribution in [0.5, 0.6) is 11.9 Å². The van der Waals surface area contributed by atoms with E-state index in [-0.39, 0.29) is 5.82 Å². The van der Waals surface area contributed by atoms with Crippen molar-refractivity contribution in [1.82, 2.24) is 9.97 Å². The number of benzene rings is 1. The van der Waals surface area contributed by atoms with Crippen molar-refractivity contribution in [2.75, 3.05) is 0 Å². The van der Waals surface area contributed by atoms with E-state index in [0.717, 1.165) is 5.56 Å². The van der Waals surface area contributed by atoms with E-state index in [4.69, 9.17) is 8.85 Å². The molecule has 24 heavy (non-hydrogen) atoms. The summed E-state index contributed by atoms with van der Waals surface area (Å²) in [6.07, 6.45) is 2.07. The first-order valence-corrected chi connectivity index (χ1v) is 14.8. The molecule has 0 radical (unpaired) electrons. The number of aromatic nitrogens is 2. The van der Waals surface area contributed by atoms with Crippen LogP contribution >= 0.6 is 0 Å². The molecule has 1 aromatic carbocycles. The molecular formula is C17H25FN2O2Si2. The van der Waals surface area contributed by atoms with Crippen LogP contribution < -0.4 is 8.85 Å². The number of rotatable bonds is 6. The summed E-state index contributed by atoms with van der Waals surface area (Å²) in [7, 11) is -3.68. The fraction of sp³-hybridized carbons (Fsp3) is 0.412. The molecule has 0 saturated heterocycles. The first-order chi connectivity index (χ1) is 11.0. The molecule has 0 N–H and O–H groups in total. The lowest BCUT2D eigenvalue weighted by atomic mass is 10.1. The maximum Gasteiger partial charge on any atom is 0.305 e. The molecule has 1 heterocycles. The van der Waals surface area contributed by atoms with E-state index in [2.05, 4.69) is 49.3 Å². The van der Waals surface area contributed by atoms with Crippen molar-refractivity contribution < 1.29 is 13.2 Å². The van der Waals surface area contributed by atoms with Crippen LogP contribution in [0.4, 0.5) is 4.39 Å². The molecule has 7 heteroatoms.